The number of allylic oxidation sites excluding steroid dienone is 1. The van der Waals surface area contributed by atoms with Gasteiger partial charge < -0.3 is 9.47 Å². The van der Waals surface area contributed by atoms with Crippen molar-refractivity contribution in [2.24, 2.45) is 0 Å². The molecule has 2 aromatic rings. The van der Waals surface area contributed by atoms with Gasteiger partial charge in [-0.15, -0.1) is 0 Å². The molecule has 0 unspecified atom stereocenters. The summed E-state index contributed by atoms with van der Waals surface area (Å²) in [4.78, 5) is 0. The zero-order valence-corrected chi connectivity index (χ0v) is 10.3. The van der Waals surface area contributed by atoms with Crippen LogP contribution in [0.15, 0.2) is 67.5 Å². The summed E-state index contributed by atoms with van der Waals surface area (Å²) in [7, 11) is 0. The van der Waals surface area contributed by atoms with Gasteiger partial charge in [-0.2, -0.15) is 0 Å². The summed E-state index contributed by atoms with van der Waals surface area (Å²) in [6.45, 7) is 8.19. The fourth-order valence-electron chi connectivity index (χ4n) is 1.65. The summed E-state index contributed by atoms with van der Waals surface area (Å²) >= 11 is 0. The first-order chi connectivity index (χ1) is 8.79. The minimum Gasteiger partial charge on any atom is -0.491 e. The first-order valence-corrected chi connectivity index (χ1v) is 5.85. The molecule has 0 aromatic heterocycles. The highest BCUT2D eigenvalue weighted by Gasteiger charge is 1.97. The van der Waals surface area contributed by atoms with Crippen LogP contribution in [0.4, 0.5) is 0 Å². The molecule has 0 radical (unpaired) electrons. The second kappa shape index (κ2) is 5.92. The molecule has 0 heterocycles. The Morgan fingerprint density at radius 3 is 2.61 bits per heavy atom. The van der Waals surface area contributed by atoms with Crippen molar-refractivity contribution >= 4 is 10.8 Å². The van der Waals surface area contributed by atoms with Crippen LogP contribution in [0.25, 0.3) is 10.8 Å². The molecule has 0 aliphatic heterocycles. The van der Waals surface area contributed by atoms with Gasteiger partial charge in [-0.25, -0.2) is 0 Å². The molecule has 0 fully saturated rings. The third-order valence-corrected chi connectivity index (χ3v) is 2.59. The molecule has 92 valence electrons. The van der Waals surface area contributed by atoms with E-state index in [4.69, 9.17) is 9.47 Å². The SMILES string of the molecule is C=CC(=C)OCCOc1ccc2ccccc2c1. The van der Waals surface area contributed by atoms with Crippen molar-refractivity contribution in [2.75, 3.05) is 13.2 Å². The normalized spacial score (nSPS) is 10.0. The lowest BCUT2D eigenvalue weighted by molar-refractivity contribution is 0.165. The van der Waals surface area contributed by atoms with Crippen LogP contribution in [0.5, 0.6) is 5.75 Å². The van der Waals surface area contributed by atoms with Crippen molar-refractivity contribution in [3.05, 3.63) is 67.5 Å². The Bertz CT molecular complexity index is 558. The molecule has 0 saturated heterocycles. The Morgan fingerprint density at radius 2 is 1.83 bits per heavy atom. The minimum absolute atomic E-state index is 0.470. The summed E-state index contributed by atoms with van der Waals surface area (Å²) in [6.07, 6.45) is 1.58. The maximum Gasteiger partial charge on any atom is 0.122 e. The fraction of sp³-hybridized carbons (Fsp3) is 0.125. The highest BCUT2D eigenvalue weighted by molar-refractivity contribution is 5.83. The van der Waals surface area contributed by atoms with Gasteiger partial charge in [-0.1, -0.05) is 43.5 Å². The number of rotatable bonds is 6. The van der Waals surface area contributed by atoms with Gasteiger partial charge in [0.25, 0.3) is 0 Å². The number of hydrogen-bond donors (Lipinski definition) is 0. The third kappa shape index (κ3) is 3.14. The van der Waals surface area contributed by atoms with Gasteiger partial charge in [0.05, 0.1) is 0 Å². The number of ether oxygens (including phenoxy) is 2. The van der Waals surface area contributed by atoms with Gasteiger partial charge >= 0.3 is 0 Å². The van der Waals surface area contributed by atoms with E-state index in [2.05, 4.69) is 25.3 Å². The van der Waals surface area contributed by atoms with Crippen LogP contribution < -0.4 is 4.74 Å². The molecule has 2 rings (SSSR count). The predicted molar refractivity (Wildman–Crippen MR) is 74.7 cm³/mol. The van der Waals surface area contributed by atoms with E-state index in [0.29, 0.717) is 19.0 Å². The quantitative estimate of drug-likeness (QED) is 0.432. The topological polar surface area (TPSA) is 18.5 Å². The minimum atomic E-state index is 0.470. The molecule has 0 atom stereocenters. The average Bonchev–Trinajstić information content (AvgIpc) is 2.43. The van der Waals surface area contributed by atoms with Gasteiger partial charge in [0, 0.05) is 0 Å². The Kier molecular flexibility index (Phi) is 4.02. The van der Waals surface area contributed by atoms with Crippen molar-refractivity contribution in [3.63, 3.8) is 0 Å². The second-order valence-corrected chi connectivity index (χ2v) is 3.88. The van der Waals surface area contributed by atoms with Crippen LogP contribution in [0.1, 0.15) is 0 Å². The van der Waals surface area contributed by atoms with Crippen molar-refractivity contribution < 1.29 is 9.47 Å². The smallest absolute Gasteiger partial charge is 0.122 e. The van der Waals surface area contributed by atoms with E-state index in [1.54, 1.807) is 6.08 Å². The van der Waals surface area contributed by atoms with Gasteiger partial charge in [0.2, 0.25) is 0 Å². The Balaban J connectivity index is 1.91. The molecule has 0 saturated carbocycles. The van der Waals surface area contributed by atoms with Gasteiger partial charge in [0.1, 0.15) is 24.7 Å². The molecule has 18 heavy (non-hydrogen) atoms. The Labute approximate surface area is 107 Å². The molecule has 0 aliphatic rings. The lowest BCUT2D eigenvalue weighted by Crippen LogP contribution is -2.05. The van der Waals surface area contributed by atoms with E-state index in [9.17, 15) is 0 Å². The average molecular weight is 240 g/mol. The van der Waals surface area contributed by atoms with Crippen molar-refractivity contribution in [1.82, 2.24) is 0 Å². The summed E-state index contributed by atoms with van der Waals surface area (Å²) in [5.41, 5.74) is 0. The highest BCUT2D eigenvalue weighted by Crippen LogP contribution is 2.20. The fourth-order valence-corrected chi connectivity index (χ4v) is 1.65. The summed E-state index contributed by atoms with van der Waals surface area (Å²) in [5.74, 6) is 1.42. The molecule has 0 aliphatic carbocycles. The largest absolute Gasteiger partial charge is 0.491 e. The lowest BCUT2D eigenvalue weighted by Gasteiger charge is -2.08. The van der Waals surface area contributed by atoms with Crippen LogP contribution >= 0.6 is 0 Å². The molecule has 0 bridgehead atoms. The van der Waals surface area contributed by atoms with Crippen molar-refractivity contribution in [1.29, 1.82) is 0 Å². The number of benzene rings is 2. The van der Waals surface area contributed by atoms with E-state index in [1.165, 1.54) is 10.8 Å². The molecule has 0 N–H and O–H groups in total. The molecular formula is C16H16O2. The first kappa shape index (κ1) is 12.2. The Morgan fingerprint density at radius 1 is 1.06 bits per heavy atom. The first-order valence-electron chi connectivity index (χ1n) is 5.85. The lowest BCUT2D eigenvalue weighted by atomic mass is 10.1. The van der Waals surface area contributed by atoms with Gasteiger partial charge in [-0.05, 0) is 29.0 Å². The van der Waals surface area contributed by atoms with E-state index >= 15 is 0 Å². The number of hydrogen-bond acceptors (Lipinski definition) is 2. The van der Waals surface area contributed by atoms with E-state index in [1.807, 2.05) is 30.3 Å². The number of fused-ring (bicyclic) bond motifs is 1. The van der Waals surface area contributed by atoms with E-state index in [-0.39, 0.29) is 0 Å². The monoisotopic (exact) mass is 240 g/mol. The molecule has 0 spiro atoms. The summed E-state index contributed by atoms with van der Waals surface area (Å²) < 4.78 is 10.9. The van der Waals surface area contributed by atoms with Crippen LogP contribution in [-0.4, -0.2) is 13.2 Å². The van der Waals surface area contributed by atoms with Crippen molar-refractivity contribution in [3.8, 4) is 5.75 Å². The van der Waals surface area contributed by atoms with E-state index < -0.39 is 0 Å². The molecular weight excluding hydrogens is 224 g/mol. The predicted octanol–water partition coefficient (Wildman–Crippen LogP) is 3.93. The standard InChI is InChI=1S/C16H16O2/c1-3-13(2)17-10-11-18-16-9-8-14-6-4-5-7-15(14)12-16/h3-9,12H,1-2,10-11H2. The third-order valence-electron chi connectivity index (χ3n) is 2.59. The van der Waals surface area contributed by atoms with Gasteiger partial charge in [0.15, 0.2) is 0 Å². The molecule has 0 amide bonds. The molecule has 2 heteroatoms. The maximum absolute atomic E-state index is 5.61. The van der Waals surface area contributed by atoms with Gasteiger partial charge in [-0.3, -0.25) is 0 Å². The van der Waals surface area contributed by atoms with Crippen LogP contribution in [0.3, 0.4) is 0 Å². The summed E-state index contributed by atoms with van der Waals surface area (Å²) in [6, 6.07) is 14.2. The van der Waals surface area contributed by atoms with Crippen LogP contribution in [0, 0.1) is 0 Å². The molecule has 2 nitrogen and oxygen atoms in total. The second-order valence-electron chi connectivity index (χ2n) is 3.88. The molecule has 2 aromatic carbocycles. The zero-order chi connectivity index (χ0) is 12.8. The maximum atomic E-state index is 5.61. The zero-order valence-electron chi connectivity index (χ0n) is 10.3. The summed E-state index contributed by atoms with van der Waals surface area (Å²) in [5, 5.41) is 2.38. The Hall–Kier alpha value is -2.22. The van der Waals surface area contributed by atoms with Crippen molar-refractivity contribution in [2.45, 2.75) is 0 Å². The van der Waals surface area contributed by atoms with E-state index in [0.717, 1.165) is 5.75 Å². The van der Waals surface area contributed by atoms with Crippen LogP contribution in [-0.2, 0) is 4.74 Å². The highest BCUT2D eigenvalue weighted by atomic mass is 16.5. The van der Waals surface area contributed by atoms with Crippen LogP contribution in [0.2, 0.25) is 0 Å².